The molecule has 5 aromatic rings. The number of carbonyl (C=O) groups is 1. The van der Waals surface area contributed by atoms with Crippen molar-refractivity contribution in [2.75, 3.05) is 0 Å². The summed E-state index contributed by atoms with van der Waals surface area (Å²) < 4.78 is 16.9. The maximum absolute atomic E-state index is 12.9. The van der Waals surface area contributed by atoms with Gasteiger partial charge in [0.25, 0.3) is 0 Å². The number of hydrogen-bond donors (Lipinski definition) is 0. The molecule has 172 valence electrons. The smallest absolute Gasteiger partial charge is 0.336 e. The van der Waals surface area contributed by atoms with Gasteiger partial charge in [0.15, 0.2) is 0 Å². The quantitative estimate of drug-likeness (QED) is 0.160. The highest BCUT2D eigenvalue weighted by molar-refractivity contribution is 5.95. The van der Waals surface area contributed by atoms with Crippen LogP contribution in [0.3, 0.4) is 0 Å². The monoisotopic (exact) mass is 462 g/mol. The zero-order chi connectivity index (χ0) is 24.4. The SMILES string of the molecule is Cc1ccc(C)c(Oc2coc3cc(OC(=O)C=Cc4cccc5ccccc45)ccc3c2=O)c1. The maximum atomic E-state index is 12.9. The zero-order valence-corrected chi connectivity index (χ0v) is 19.3. The highest BCUT2D eigenvalue weighted by Gasteiger charge is 2.12. The molecule has 0 atom stereocenters. The van der Waals surface area contributed by atoms with Gasteiger partial charge in [-0.25, -0.2) is 4.79 Å². The lowest BCUT2D eigenvalue weighted by atomic mass is 10.0. The van der Waals surface area contributed by atoms with E-state index in [4.69, 9.17) is 13.9 Å². The maximum Gasteiger partial charge on any atom is 0.336 e. The number of hydrogen-bond acceptors (Lipinski definition) is 5. The summed E-state index contributed by atoms with van der Waals surface area (Å²) in [5, 5.41) is 2.47. The Labute approximate surface area is 201 Å². The first-order valence-corrected chi connectivity index (χ1v) is 11.2. The molecule has 0 aliphatic heterocycles. The Hall–Kier alpha value is -4.64. The first kappa shape index (κ1) is 22.2. The molecule has 1 aromatic heterocycles. The lowest BCUT2D eigenvalue weighted by molar-refractivity contribution is -0.128. The van der Waals surface area contributed by atoms with E-state index in [1.807, 2.05) is 74.5 Å². The largest absolute Gasteiger partial charge is 0.460 e. The molecule has 0 aliphatic carbocycles. The Balaban J connectivity index is 1.35. The van der Waals surface area contributed by atoms with E-state index in [-0.39, 0.29) is 16.9 Å². The second kappa shape index (κ2) is 9.31. The molecule has 0 radical (unpaired) electrons. The normalized spacial score (nSPS) is 11.3. The van der Waals surface area contributed by atoms with Crippen LogP contribution in [-0.2, 0) is 4.79 Å². The van der Waals surface area contributed by atoms with E-state index in [1.54, 1.807) is 18.2 Å². The Bertz CT molecular complexity index is 1650. The van der Waals surface area contributed by atoms with Crippen molar-refractivity contribution in [3.8, 4) is 17.2 Å². The summed E-state index contributed by atoms with van der Waals surface area (Å²) in [6, 6.07) is 24.3. The average Bonchev–Trinajstić information content (AvgIpc) is 2.86. The van der Waals surface area contributed by atoms with Crippen molar-refractivity contribution in [3.63, 3.8) is 0 Å². The van der Waals surface area contributed by atoms with Crippen molar-refractivity contribution in [3.05, 3.63) is 118 Å². The third-order valence-electron chi connectivity index (χ3n) is 5.72. The lowest BCUT2D eigenvalue weighted by Gasteiger charge is -2.09. The highest BCUT2D eigenvalue weighted by Crippen LogP contribution is 2.27. The molecule has 5 nitrogen and oxygen atoms in total. The molecule has 5 rings (SSSR count). The standard InChI is InChI=1S/C30H22O5/c1-19-10-11-20(2)26(16-19)35-28-18-33-27-17-23(13-14-25(27)30(28)32)34-29(31)15-12-22-8-5-7-21-6-3-4-9-24(21)22/h3-18H,1-2H3. The topological polar surface area (TPSA) is 65.7 Å². The number of carbonyl (C=O) groups excluding carboxylic acids is 1. The van der Waals surface area contributed by atoms with Crippen LogP contribution in [0.1, 0.15) is 16.7 Å². The summed E-state index contributed by atoms with van der Waals surface area (Å²) in [5.41, 5.74) is 2.85. The summed E-state index contributed by atoms with van der Waals surface area (Å²) in [4.78, 5) is 25.3. The number of esters is 1. The van der Waals surface area contributed by atoms with Crippen LogP contribution in [-0.4, -0.2) is 5.97 Å². The minimum absolute atomic E-state index is 0.0916. The van der Waals surface area contributed by atoms with Crippen molar-refractivity contribution < 1.29 is 18.7 Å². The number of ether oxygens (including phenoxy) is 2. The fourth-order valence-electron chi connectivity index (χ4n) is 3.86. The van der Waals surface area contributed by atoms with Gasteiger partial charge in [-0.15, -0.1) is 0 Å². The van der Waals surface area contributed by atoms with Gasteiger partial charge < -0.3 is 13.9 Å². The molecule has 4 aromatic carbocycles. The second-order valence-corrected chi connectivity index (χ2v) is 8.28. The van der Waals surface area contributed by atoms with Crippen LogP contribution < -0.4 is 14.9 Å². The molecule has 0 saturated carbocycles. The molecule has 5 heteroatoms. The van der Waals surface area contributed by atoms with E-state index < -0.39 is 5.97 Å². The predicted octanol–water partition coefficient (Wildman–Crippen LogP) is 6.97. The van der Waals surface area contributed by atoms with E-state index in [0.717, 1.165) is 27.5 Å². The van der Waals surface area contributed by atoms with Crippen molar-refractivity contribution in [2.45, 2.75) is 13.8 Å². The van der Waals surface area contributed by atoms with Gasteiger partial charge in [-0.2, -0.15) is 0 Å². The van der Waals surface area contributed by atoms with Gasteiger partial charge in [-0.3, -0.25) is 4.79 Å². The van der Waals surface area contributed by atoms with Gasteiger partial charge in [0, 0.05) is 12.1 Å². The molecular weight excluding hydrogens is 440 g/mol. The van der Waals surface area contributed by atoms with E-state index >= 15 is 0 Å². The Morgan fingerprint density at radius 2 is 1.69 bits per heavy atom. The van der Waals surface area contributed by atoms with Crippen LogP contribution in [0.4, 0.5) is 0 Å². The third kappa shape index (κ3) is 4.70. The molecule has 0 spiro atoms. The minimum atomic E-state index is -0.533. The summed E-state index contributed by atoms with van der Waals surface area (Å²) >= 11 is 0. The van der Waals surface area contributed by atoms with Crippen molar-refractivity contribution >= 4 is 33.8 Å². The number of aryl methyl sites for hydroxylation is 2. The van der Waals surface area contributed by atoms with Crippen LogP contribution in [0.15, 0.2) is 100 Å². The van der Waals surface area contributed by atoms with Crippen LogP contribution in [0.5, 0.6) is 17.2 Å². The van der Waals surface area contributed by atoms with Gasteiger partial charge in [0.1, 0.15) is 23.3 Å². The fourth-order valence-corrected chi connectivity index (χ4v) is 3.86. The van der Waals surface area contributed by atoms with Crippen LogP contribution in [0.25, 0.3) is 27.8 Å². The Kier molecular flexibility index (Phi) is 5.90. The first-order valence-electron chi connectivity index (χ1n) is 11.2. The van der Waals surface area contributed by atoms with Gasteiger partial charge >= 0.3 is 5.97 Å². The lowest BCUT2D eigenvalue weighted by Crippen LogP contribution is -2.07. The number of fused-ring (bicyclic) bond motifs is 2. The molecule has 0 unspecified atom stereocenters. The summed E-state index contributed by atoms with van der Waals surface area (Å²) in [6.45, 7) is 3.86. The van der Waals surface area contributed by atoms with Crippen molar-refractivity contribution in [2.24, 2.45) is 0 Å². The van der Waals surface area contributed by atoms with Crippen LogP contribution in [0.2, 0.25) is 0 Å². The molecule has 0 N–H and O–H groups in total. The Morgan fingerprint density at radius 3 is 2.57 bits per heavy atom. The highest BCUT2D eigenvalue weighted by atomic mass is 16.5. The molecule has 0 amide bonds. The summed E-state index contributed by atoms with van der Waals surface area (Å²) in [7, 11) is 0. The molecular formula is C30H22O5. The number of benzene rings is 4. The van der Waals surface area contributed by atoms with E-state index in [9.17, 15) is 9.59 Å². The molecule has 0 bridgehead atoms. The molecule has 0 saturated heterocycles. The zero-order valence-electron chi connectivity index (χ0n) is 19.3. The predicted molar refractivity (Wildman–Crippen MR) is 137 cm³/mol. The third-order valence-corrected chi connectivity index (χ3v) is 5.72. The average molecular weight is 463 g/mol. The summed E-state index contributed by atoms with van der Waals surface area (Å²) in [5.74, 6) is 0.431. The van der Waals surface area contributed by atoms with Crippen LogP contribution >= 0.6 is 0 Å². The van der Waals surface area contributed by atoms with E-state index in [0.29, 0.717) is 16.7 Å². The second-order valence-electron chi connectivity index (χ2n) is 8.28. The first-order chi connectivity index (χ1) is 17.0. The van der Waals surface area contributed by atoms with Crippen molar-refractivity contribution in [1.82, 2.24) is 0 Å². The minimum Gasteiger partial charge on any atom is -0.460 e. The fraction of sp³-hybridized carbons (Fsp3) is 0.0667. The van der Waals surface area contributed by atoms with Crippen LogP contribution in [0, 0.1) is 13.8 Å². The Morgan fingerprint density at radius 1 is 0.857 bits per heavy atom. The van der Waals surface area contributed by atoms with Gasteiger partial charge in [-0.05, 0) is 65.6 Å². The van der Waals surface area contributed by atoms with E-state index in [1.165, 1.54) is 18.4 Å². The molecule has 0 aliphatic rings. The molecule has 0 fully saturated rings. The van der Waals surface area contributed by atoms with E-state index in [2.05, 4.69) is 0 Å². The van der Waals surface area contributed by atoms with Gasteiger partial charge in [-0.1, -0.05) is 54.6 Å². The molecule has 1 heterocycles. The van der Waals surface area contributed by atoms with Gasteiger partial charge in [0.05, 0.1) is 5.39 Å². The number of rotatable bonds is 5. The summed E-state index contributed by atoms with van der Waals surface area (Å²) in [6.07, 6.45) is 4.38. The van der Waals surface area contributed by atoms with Gasteiger partial charge in [0.2, 0.25) is 11.2 Å². The van der Waals surface area contributed by atoms with Crippen molar-refractivity contribution in [1.29, 1.82) is 0 Å². The molecule has 35 heavy (non-hydrogen) atoms.